The Labute approximate surface area is 193 Å². The zero-order chi connectivity index (χ0) is 23.5. The van der Waals surface area contributed by atoms with Gasteiger partial charge in [-0.1, -0.05) is 23.7 Å². The summed E-state index contributed by atoms with van der Waals surface area (Å²) >= 11 is 6.55. The number of imidazole rings is 1. The van der Waals surface area contributed by atoms with Crippen LogP contribution >= 0.6 is 11.6 Å². The molecular weight excluding hydrogens is 454 g/mol. The maximum Gasteiger partial charge on any atom is 0.273 e. The van der Waals surface area contributed by atoms with Crippen LogP contribution in [0.2, 0.25) is 5.15 Å². The van der Waals surface area contributed by atoms with E-state index in [1.807, 2.05) is 0 Å². The van der Waals surface area contributed by atoms with Crippen molar-refractivity contribution >= 4 is 23.2 Å². The number of hydrogen-bond donors (Lipinski definition) is 2. The van der Waals surface area contributed by atoms with Gasteiger partial charge in [0.2, 0.25) is 11.6 Å². The van der Waals surface area contributed by atoms with Gasteiger partial charge in [-0.15, -0.1) is 0 Å². The van der Waals surface area contributed by atoms with Gasteiger partial charge in [0.15, 0.2) is 11.5 Å². The molecule has 0 saturated carbocycles. The lowest BCUT2D eigenvalue weighted by molar-refractivity contribution is 0.0926. The molecular formula is C22H19ClF2N6O2. The number of methoxy groups -OCH3 is 1. The number of ether oxygens (including phenoxy) is 1. The molecule has 0 spiro atoms. The van der Waals surface area contributed by atoms with Crippen LogP contribution in [-0.2, 0) is 0 Å². The quantitative estimate of drug-likeness (QED) is 0.550. The molecule has 0 bridgehead atoms. The normalized spacial score (nSPS) is 15.7. The first-order chi connectivity index (χ1) is 15.9. The van der Waals surface area contributed by atoms with E-state index in [0.717, 1.165) is 31.5 Å². The molecule has 11 heteroatoms. The molecule has 1 atom stereocenters. The van der Waals surface area contributed by atoms with Crippen LogP contribution in [0.15, 0.2) is 30.5 Å². The van der Waals surface area contributed by atoms with Crippen LogP contribution in [-0.4, -0.2) is 46.7 Å². The molecule has 1 aliphatic heterocycles. The van der Waals surface area contributed by atoms with Gasteiger partial charge in [0.25, 0.3) is 5.91 Å². The van der Waals surface area contributed by atoms with E-state index < -0.39 is 17.5 Å². The van der Waals surface area contributed by atoms with Gasteiger partial charge in [0.05, 0.1) is 25.6 Å². The number of amides is 1. The molecule has 0 radical (unpaired) electrons. The molecule has 4 rings (SSSR count). The molecule has 1 fully saturated rings. The SMILES string of the molecule is [C-]#[N+]c1ccc(-c2nc(C(=O)N[C@H]3CCCNC3)c(Cl)n2-c2cnc(OC)c(F)c2)cc1F. The van der Waals surface area contributed by atoms with E-state index in [0.29, 0.717) is 6.54 Å². The van der Waals surface area contributed by atoms with Crippen molar-refractivity contribution in [1.82, 2.24) is 25.2 Å². The molecule has 2 aromatic heterocycles. The van der Waals surface area contributed by atoms with E-state index in [2.05, 4.69) is 25.4 Å². The summed E-state index contributed by atoms with van der Waals surface area (Å²) in [5.41, 5.74) is 0.149. The monoisotopic (exact) mass is 472 g/mol. The molecule has 1 aliphatic rings. The summed E-state index contributed by atoms with van der Waals surface area (Å²) in [5.74, 6) is -2.14. The summed E-state index contributed by atoms with van der Waals surface area (Å²) in [7, 11) is 1.28. The van der Waals surface area contributed by atoms with Crippen LogP contribution in [0.4, 0.5) is 14.5 Å². The third-order valence-electron chi connectivity index (χ3n) is 5.24. The molecule has 1 amide bonds. The Hall–Kier alpha value is -3.55. The maximum absolute atomic E-state index is 14.4. The predicted octanol–water partition coefficient (Wildman–Crippen LogP) is 3.91. The smallest absolute Gasteiger partial charge is 0.273 e. The summed E-state index contributed by atoms with van der Waals surface area (Å²) in [6, 6.07) is 4.92. The van der Waals surface area contributed by atoms with Gasteiger partial charge in [-0.25, -0.2) is 23.6 Å². The van der Waals surface area contributed by atoms with Gasteiger partial charge >= 0.3 is 0 Å². The van der Waals surface area contributed by atoms with Crippen LogP contribution in [0.3, 0.4) is 0 Å². The Morgan fingerprint density at radius 3 is 2.82 bits per heavy atom. The minimum absolute atomic E-state index is 0.0905. The summed E-state index contributed by atoms with van der Waals surface area (Å²) in [4.78, 5) is 24.4. The summed E-state index contributed by atoms with van der Waals surface area (Å²) in [6.45, 7) is 8.54. The Kier molecular flexibility index (Phi) is 6.53. The van der Waals surface area contributed by atoms with E-state index in [1.165, 1.54) is 30.0 Å². The summed E-state index contributed by atoms with van der Waals surface area (Å²) in [5, 5.41) is 6.01. The fraction of sp³-hybridized carbons (Fsp3) is 0.273. The summed E-state index contributed by atoms with van der Waals surface area (Å²) < 4.78 is 34.9. The van der Waals surface area contributed by atoms with Crippen molar-refractivity contribution in [2.24, 2.45) is 0 Å². The number of aromatic nitrogens is 3. The number of carbonyl (C=O) groups excluding carboxylic acids is 1. The summed E-state index contributed by atoms with van der Waals surface area (Å²) in [6.07, 6.45) is 3.03. The van der Waals surface area contributed by atoms with Crippen LogP contribution < -0.4 is 15.4 Å². The highest BCUT2D eigenvalue weighted by Gasteiger charge is 2.26. The lowest BCUT2D eigenvalue weighted by atomic mass is 10.1. The average molecular weight is 473 g/mol. The van der Waals surface area contributed by atoms with Crippen LogP contribution in [0.5, 0.6) is 5.88 Å². The van der Waals surface area contributed by atoms with Crippen LogP contribution in [0, 0.1) is 18.2 Å². The molecule has 33 heavy (non-hydrogen) atoms. The number of rotatable bonds is 5. The van der Waals surface area contributed by atoms with Crippen LogP contribution in [0.1, 0.15) is 23.3 Å². The third kappa shape index (κ3) is 4.51. The second-order valence-corrected chi connectivity index (χ2v) is 7.75. The lowest BCUT2D eigenvalue weighted by Crippen LogP contribution is -2.45. The highest BCUT2D eigenvalue weighted by atomic mass is 35.5. The number of nitrogens with one attached hydrogen (secondary N) is 2. The van der Waals surface area contributed by atoms with Gasteiger partial charge in [-0.05, 0) is 25.5 Å². The number of carbonyl (C=O) groups is 1. The zero-order valence-electron chi connectivity index (χ0n) is 17.5. The van der Waals surface area contributed by atoms with Crippen molar-refractivity contribution in [2.45, 2.75) is 18.9 Å². The highest BCUT2D eigenvalue weighted by molar-refractivity contribution is 6.33. The predicted molar refractivity (Wildman–Crippen MR) is 118 cm³/mol. The van der Waals surface area contributed by atoms with Gasteiger partial charge in [0, 0.05) is 24.2 Å². The Balaban J connectivity index is 1.82. The van der Waals surface area contributed by atoms with Crippen molar-refractivity contribution in [3.05, 3.63) is 64.4 Å². The molecule has 2 N–H and O–H groups in total. The maximum atomic E-state index is 14.4. The molecule has 1 saturated heterocycles. The first-order valence-corrected chi connectivity index (χ1v) is 10.5. The van der Waals surface area contributed by atoms with E-state index >= 15 is 0 Å². The number of halogens is 3. The number of nitrogens with zero attached hydrogens (tertiary/aromatic N) is 4. The number of piperidine rings is 1. The van der Waals surface area contributed by atoms with E-state index in [4.69, 9.17) is 22.9 Å². The van der Waals surface area contributed by atoms with Gasteiger partial charge in [-0.2, -0.15) is 0 Å². The van der Waals surface area contributed by atoms with Gasteiger partial charge < -0.3 is 15.4 Å². The second kappa shape index (κ2) is 9.52. The topological polar surface area (TPSA) is 85.4 Å². The second-order valence-electron chi connectivity index (χ2n) is 7.39. The highest BCUT2D eigenvalue weighted by Crippen LogP contribution is 2.33. The van der Waals surface area contributed by atoms with E-state index in [1.54, 1.807) is 0 Å². The fourth-order valence-corrected chi connectivity index (χ4v) is 3.93. The van der Waals surface area contributed by atoms with Gasteiger partial charge in [0.1, 0.15) is 16.8 Å². The molecule has 0 aliphatic carbocycles. The Morgan fingerprint density at radius 1 is 1.36 bits per heavy atom. The van der Waals surface area contributed by atoms with Crippen molar-refractivity contribution in [3.63, 3.8) is 0 Å². The zero-order valence-corrected chi connectivity index (χ0v) is 18.3. The van der Waals surface area contributed by atoms with Crippen molar-refractivity contribution in [3.8, 4) is 23.0 Å². The standard InChI is InChI=1S/C22H19ClF2N6O2/c1-26-17-6-5-12(8-15(17)24)20-30-18(21(32)29-13-4-3-7-27-10-13)19(23)31(20)14-9-16(25)22(33-2)28-11-14/h5-6,8-9,11,13,27H,3-4,7,10H2,2H3,(H,29,32)/t13-/m0/s1. The number of benzene rings is 1. The van der Waals surface area contributed by atoms with E-state index in [9.17, 15) is 13.6 Å². The minimum Gasteiger partial charge on any atom is -0.479 e. The number of pyridine rings is 1. The third-order valence-corrected chi connectivity index (χ3v) is 5.59. The first-order valence-electron chi connectivity index (χ1n) is 10.1. The molecule has 3 aromatic rings. The molecule has 0 unspecified atom stereocenters. The van der Waals surface area contributed by atoms with Crippen molar-refractivity contribution in [2.75, 3.05) is 20.2 Å². The van der Waals surface area contributed by atoms with E-state index in [-0.39, 0.29) is 45.5 Å². The Morgan fingerprint density at radius 2 is 2.18 bits per heavy atom. The van der Waals surface area contributed by atoms with Crippen molar-refractivity contribution in [1.29, 1.82) is 0 Å². The minimum atomic E-state index is -0.758. The molecule has 170 valence electrons. The molecule has 8 nitrogen and oxygen atoms in total. The van der Waals surface area contributed by atoms with Gasteiger partial charge in [-0.3, -0.25) is 9.36 Å². The molecule has 3 heterocycles. The van der Waals surface area contributed by atoms with Crippen molar-refractivity contribution < 1.29 is 18.3 Å². The number of hydrogen-bond acceptors (Lipinski definition) is 5. The van der Waals surface area contributed by atoms with Crippen LogP contribution in [0.25, 0.3) is 21.9 Å². The lowest BCUT2D eigenvalue weighted by Gasteiger charge is -2.23. The largest absolute Gasteiger partial charge is 0.479 e. The molecule has 1 aromatic carbocycles. The average Bonchev–Trinajstić information content (AvgIpc) is 3.16. The Bertz CT molecular complexity index is 1250. The fourth-order valence-electron chi connectivity index (χ4n) is 3.63. The first kappa shape index (κ1) is 22.6.